The fraction of sp³-hybridized carbons (Fsp3) is 0.522. The van der Waals surface area contributed by atoms with Crippen LogP contribution >= 0.6 is 0 Å². The van der Waals surface area contributed by atoms with Crippen molar-refractivity contribution in [2.24, 2.45) is 0 Å². The van der Waals surface area contributed by atoms with Crippen molar-refractivity contribution in [2.45, 2.75) is 46.5 Å². The molecule has 0 atom stereocenters. The highest BCUT2D eigenvalue weighted by atomic mass is 16.2. The molecule has 0 bridgehead atoms. The first kappa shape index (κ1) is 21.2. The van der Waals surface area contributed by atoms with Crippen LogP contribution in [0.5, 0.6) is 0 Å². The van der Waals surface area contributed by atoms with Crippen molar-refractivity contribution in [1.29, 1.82) is 0 Å². The molecule has 2 aromatic rings. The van der Waals surface area contributed by atoms with E-state index in [2.05, 4.69) is 73.0 Å². The largest absolute Gasteiger partial charge is 0.338 e. The third kappa shape index (κ3) is 4.93. The molecule has 1 aromatic carbocycles. The van der Waals surface area contributed by atoms with E-state index < -0.39 is 0 Å². The fourth-order valence-corrected chi connectivity index (χ4v) is 3.76. The van der Waals surface area contributed by atoms with Crippen molar-refractivity contribution in [3.8, 4) is 0 Å². The quantitative estimate of drug-likeness (QED) is 0.792. The van der Waals surface area contributed by atoms with Crippen LogP contribution in [-0.4, -0.2) is 58.4 Å². The zero-order valence-corrected chi connectivity index (χ0v) is 18.3. The number of amides is 1. The minimum atomic E-state index is -0.0368. The third-order valence-electron chi connectivity index (χ3n) is 5.60. The molecule has 1 amide bonds. The molecular formula is C23H33N5O. The van der Waals surface area contributed by atoms with Crippen molar-refractivity contribution < 1.29 is 4.79 Å². The van der Waals surface area contributed by atoms with Crippen molar-refractivity contribution in [2.75, 3.05) is 38.0 Å². The van der Waals surface area contributed by atoms with Gasteiger partial charge in [-0.1, -0.05) is 52.8 Å². The molecule has 1 fully saturated rings. The van der Waals surface area contributed by atoms with Gasteiger partial charge < -0.3 is 15.1 Å². The number of hydrogen-bond donors (Lipinski definition) is 1. The van der Waals surface area contributed by atoms with E-state index in [1.807, 2.05) is 4.90 Å². The van der Waals surface area contributed by atoms with Gasteiger partial charge in [-0.15, -0.1) is 0 Å². The summed E-state index contributed by atoms with van der Waals surface area (Å²) in [4.78, 5) is 25.9. The Balaban J connectivity index is 1.76. The van der Waals surface area contributed by atoms with Crippen molar-refractivity contribution in [3.63, 3.8) is 0 Å². The number of carbonyl (C=O) groups excluding carboxylic acids is 1. The summed E-state index contributed by atoms with van der Waals surface area (Å²) in [6, 6.07) is 6.42. The van der Waals surface area contributed by atoms with Crippen LogP contribution in [0.1, 0.15) is 68.1 Å². The summed E-state index contributed by atoms with van der Waals surface area (Å²) in [5, 5.41) is 3.46. The molecule has 3 rings (SSSR count). The summed E-state index contributed by atoms with van der Waals surface area (Å²) < 4.78 is 0. The van der Waals surface area contributed by atoms with Gasteiger partial charge in [0.25, 0.3) is 5.91 Å². The van der Waals surface area contributed by atoms with E-state index in [1.54, 1.807) is 12.4 Å². The molecule has 0 saturated carbocycles. The lowest BCUT2D eigenvalue weighted by atomic mass is 9.92. The van der Waals surface area contributed by atoms with E-state index in [0.29, 0.717) is 23.3 Å². The Labute approximate surface area is 174 Å². The summed E-state index contributed by atoms with van der Waals surface area (Å²) >= 11 is 0. The number of para-hydroxylation sites is 1. The average Bonchev–Trinajstić information content (AvgIpc) is 2.73. The standard InChI is InChI=1S/C23H33N5O/c1-6-27-10-12-28(13-11-27)23(29)20-14-25-21(15-24-20)26-22-18(16(2)3)8-7-9-19(22)17(4)5/h7-9,14-17H,6,10-13H2,1-5H3,(H,25,26). The highest BCUT2D eigenvalue weighted by Gasteiger charge is 2.22. The Morgan fingerprint density at radius 2 is 1.62 bits per heavy atom. The van der Waals surface area contributed by atoms with Gasteiger partial charge in [0.2, 0.25) is 0 Å². The molecule has 1 aliphatic heterocycles. The monoisotopic (exact) mass is 395 g/mol. The van der Waals surface area contributed by atoms with Crippen LogP contribution < -0.4 is 5.32 Å². The molecule has 2 heterocycles. The molecule has 0 aliphatic carbocycles. The SMILES string of the molecule is CCN1CCN(C(=O)c2cnc(Nc3c(C(C)C)cccc3C(C)C)cn2)CC1. The number of piperazine rings is 1. The summed E-state index contributed by atoms with van der Waals surface area (Å²) in [6.07, 6.45) is 3.25. The second kappa shape index (κ2) is 9.35. The van der Waals surface area contributed by atoms with Gasteiger partial charge in [-0.25, -0.2) is 9.97 Å². The average molecular weight is 396 g/mol. The number of likely N-dealkylation sites (N-methyl/N-ethyl adjacent to an activating group) is 1. The first-order valence-corrected chi connectivity index (χ1v) is 10.6. The maximum Gasteiger partial charge on any atom is 0.274 e. The Bertz CT molecular complexity index is 797. The zero-order chi connectivity index (χ0) is 21.0. The van der Waals surface area contributed by atoms with Gasteiger partial charge in [-0.3, -0.25) is 4.79 Å². The molecular weight excluding hydrogens is 362 g/mol. The maximum absolute atomic E-state index is 12.7. The van der Waals surface area contributed by atoms with Crippen LogP contribution in [-0.2, 0) is 0 Å². The summed E-state index contributed by atoms with van der Waals surface area (Å²) in [7, 11) is 0. The molecule has 1 aliphatic rings. The number of nitrogens with one attached hydrogen (secondary N) is 1. The number of benzene rings is 1. The number of carbonyl (C=O) groups is 1. The van der Waals surface area contributed by atoms with Gasteiger partial charge in [0.15, 0.2) is 0 Å². The van der Waals surface area contributed by atoms with E-state index >= 15 is 0 Å². The van der Waals surface area contributed by atoms with Gasteiger partial charge in [0, 0.05) is 31.9 Å². The van der Waals surface area contributed by atoms with Crippen molar-refractivity contribution >= 4 is 17.4 Å². The molecule has 0 unspecified atom stereocenters. The normalized spacial score (nSPS) is 15.2. The van der Waals surface area contributed by atoms with Crippen molar-refractivity contribution in [1.82, 2.24) is 19.8 Å². The fourth-order valence-electron chi connectivity index (χ4n) is 3.76. The van der Waals surface area contributed by atoms with E-state index in [-0.39, 0.29) is 5.91 Å². The molecule has 29 heavy (non-hydrogen) atoms. The van der Waals surface area contributed by atoms with Crippen molar-refractivity contribution in [3.05, 3.63) is 47.4 Å². The lowest BCUT2D eigenvalue weighted by Gasteiger charge is -2.33. The minimum absolute atomic E-state index is 0.0368. The highest BCUT2D eigenvalue weighted by molar-refractivity contribution is 5.92. The Hall–Kier alpha value is -2.47. The van der Waals surface area contributed by atoms with Gasteiger partial charge in [0.1, 0.15) is 11.5 Å². The van der Waals surface area contributed by atoms with Crippen LogP contribution in [0.4, 0.5) is 11.5 Å². The van der Waals surface area contributed by atoms with E-state index in [9.17, 15) is 4.79 Å². The van der Waals surface area contributed by atoms with Gasteiger partial charge in [-0.2, -0.15) is 0 Å². The van der Waals surface area contributed by atoms with Crippen LogP contribution in [0, 0.1) is 0 Å². The first-order chi connectivity index (χ1) is 13.9. The number of anilines is 2. The molecule has 0 spiro atoms. The molecule has 1 saturated heterocycles. The topological polar surface area (TPSA) is 61.4 Å². The Morgan fingerprint density at radius 1 is 1.00 bits per heavy atom. The number of nitrogens with zero attached hydrogens (tertiary/aromatic N) is 4. The lowest BCUT2D eigenvalue weighted by molar-refractivity contribution is 0.0637. The molecule has 156 valence electrons. The first-order valence-electron chi connectivity index (χ1n) is 10.6. The summed E-state index contributed by atoms with van der Waals surface area (Å²) in [6.45, 7) is 15.3. The number of aromatic nitrogens is 2. The predicted octanol–water partition coefficient (Wildman–Crippen LogP) is 4.24. The Morgan fingerprint density at radius 3 is 2.10 bits per heavy atom. The highest BCUT2D eigenvalue weighted by Crippen LogP contribution is 2.33. The summed E-state index contributed by atoms with van der Waals surface area (Å²) in [5.74, 6) is 1.41. The number of rotatable bonds is 6. The van der Waals surface area contributed by atoms with Crippen LogP contribution in [0.3, 0.4) is 0 Å². The van der Waals surface area contributed by atoms with E-state index in [0.717, 1.165) is 38.4 Å². The minimum Gasteiger partial charge on any atom is -0.338 e. The predicted molar refractivity (Wildman–Crippen MR) is 118 cm³/mol. The molecule has 1 N–H and O–H groups in total. The summed E-state index contributed by atoms with van der Waals surface area (Å²) in [5.41, 5.74) is 4.02. The van der Waals surface area contributed by atoms with E-state index in [4.69, 9.17) is 0 Å². The lowest BCUT2D eigenvalue weighted by Crippen LogP contribution is -2.48. The molecule has 6 heteroatoms. The smallest absolute Gasteiger partial charge is 0.274 e. The van der Waals surface area contributed by atoms with Gasteiger partial charge >= 0.3 is 0 Å². The Kier molecular flexibility index (Phi) is 6.85. The number of hydrogen-bond acceptors (Lipinski definition) is 5. The second-order valence-electron chi connectivity index (χ2n) is 8.26. The van der Waals surface area contributed by atoms with Gasteiger partial charge in [0.05, 0.1) is 12.4 Å². The third-order valence-corrected chi connectivity index (χ3v) is 5.60. The van der Waals surface area contributed by atoms with Crippen LogP contribution in [0.2, 0.25) is 0 Å². The van der Waals surface area contributed by atoms with Crippen LogP contribution in [0.15, 0.2) is 30.6 Å². The zero-order valence-electron chi connectivity index (χ0n) is 18.3. The molecule has 6 nitrogen and oxygen atoms in total. The van der Waals surface area contributed by atoms with Gasteiger partial charge in [-0.05, 0) is 29.5 Å². The maximum atomic E-state index is 12.7. The van der Waals surface area contributed by atoms with E-state index in [1.165, 1.54) is 11.1 Å². The molecule has 0 radical (unpaired) electrons. The second-order valence-corrected chi connectivity index (χ2v) is 8.26. The molecule has 1 aromatic heterocycles. The van der Waals surface area contributed by atoms with Crippen LogP contribution in [0.25, 0.3) is 0 Å².